The zero-order chi connectivity index (χ0) is 22.3. The van der Waals surface area contributed by atoms with Crippen molar-refractivity contribution in [3.63, 3.8) is 0 Å². The number of nitrogens with zero attached hydrogens (tertiary/aromatic N) is 2. The molecule has 0 aliphatic carbocycles. The van der Waals surface area contributed by atoms with Crippen LogP contribution in [0.25, 0.3) is 11.3 Å². The molecule has 1 N–H and O–H groups in total. The van der Waals surface area contributed by atoms with Crippen LogP contribution in [0.3, 0.4) is 0 Å². The highest BCUT2D eigenvalue weighted by atomic mass is 79.9. The fourth-order valence-electron chi connectivity index (χ4n) is 3.60. The second-order valence-corrected chi connectivity index (χ2v) is 15.2. The van der Waals surface area contributed by atoms with Crippen molar-refractivity contribution in [2.45, 2.75) is 38.5 Å². The van der Waals surface area contributed by atoms with Crippen molar-refractivity contribution in [2.24, 2.45) is 0 Å². The van der Waals surface area contributed by atoms with Crippen LogP contribution in [0.4, 0.5) is 18.9 Å². The highest BCUT2D eigenvalue weighted by Crippen LogP contribution is 2.46. The van der Waals surface area contributed by atoms with Crippen LogP contribution >= 0.6 is 15.9 Å². The Labute approximate surface area is 188 Å². The second kappa shape index (κ2) is 8.44. The summed E-state index contributed by atoms with van der Waals surface area (Å²) < 4.78 is 51.3. The van der Waals surface area contributed by atoms with Crippen molar-refractivity contribution in [3.8, 4) is 11.3 Å². The Kier molecular flexibility index (Phi) is 6.02. The molecule has 164 valence electrons. The predicted molar refractivity (Wildman–Crippen MR) is 121 cm³/mol. The fourth-order valence-corrected chi connectivity index (χ4v) is 4.84. The number of fused-ring (bicyclic) bond motifs is 3. The number of hydrogen-bond donors (Lipinski definition) is 1. The zero-order valence-corrected chi connectivity index (χ0v) is 20.1. The van der Waals surface area contributed by atoms with Crippen molar-refractivity contribution >= 4 is 29.7 Å². The highest BCUT2D eigenvalue weighted by molar-refractivity contribution is 9.10. The van der Waals surface area contributed by atoms with E-state index in [9.17, 15) is 13.2 Å². The maximum atomic E-state index is 14.6. The largest absolute Gasteiger partial charge is 0.370 e. The van der Waals surface area contributed by atoms with Gasteiger partial charge in [0.25, 0.3) is 0 Å². The Balaban J connectivity index is 1.72. The predicted octanol–water partition coefficient (Wildman–Crippen LogP) is 6.56. The molecule has 9 heteroatoms. The normalized spacial score (nSPS) is 15.4. The molecule has 0 fully saturated rings. The molecule has 0 radical (unpaired) electrons. The summed E-state index contributed by atoms with van der Waals surface area (Å²) in [6, 6.07) is 8.02. The third-order valence-corrected chi connectivity index (χ3v) is 7.77. The minimum absolute atomic E-state index is 0.161. The molecule has 1 aromatic heterocycles. The first-order chi connectivity index (χ1) is 14.7. The molecule has 0 spiro atoms. The fraction of sp³-hybridized carbons (Fsp3) is 0.318. The van der Waals surface area contributed by atoms with Crippen LogP contribution in [0.15, 0.2) is 41.0 Å². The van der Waals surface area contributed by atoms with E-state index >= 15 is 0 Å². The minimum atomic E-state index is -1.21. The van der Waals surface area contributed by atoms with Crippen LogP contribution in [0, 0.1) is 17.5 Å². The molecule has 0 saturated heterocycles. The number of nitrogens with one attached hydrogen (secondary N) is 1. The molecule has 4 nitrogen and oxygen atoms in total. The quantitative estimate of drug-likeness (QED) is 0.302. The van der Waals surface area contributed by atoms with E-state index in [1.54, 1.807) is 10.7 Å². The van der Waals surface area contributed by atoms with Gasteiger partial charge in [0, 0.05) is 20.2 Å². The maximum absolute atomic E-state index is 14.6. The van der Waals surface area contributed by atoms with Crippen LogP contribution in [-0.2, 0) is 11.5 Å². The molecule has 0 amide bonds. The lowest BCUT2D eigenvalue weighted by atomic mass is 9.89. The third kappa shape index (κ3) is 4.44. The number of hydrogen-bond acceptors (Lipinski definition) is 3. The lowest BCUT2D eigenvalue weighted by Gasteiger charge is -2.28. The van der Waals surface area contributed by atoms with Gasteiger partial charge in [-0.3, -0.25) is 0 Å². The Bertz CT molecular complexity index is 1110. The summed E-state index contributed by atoms with van der Waals surface area (Å²) in [5.74, 6) is -1.89. The van der Waals surface area contributed by atoms with E-state index in [1.165, 1.54) is 30.3 Å². The summed E-state index contributed by atoms with van der Waals surface area (Å²) in [4.78, 5) is 0. The molecule has 0 bridgehead atoms. The molecule has 1 aliphatic rings. The lowest BCUT2D eigenvalue weighted by molar-refractivity contribution is 0.0772. The van der Waals surface area contributed by atoms with Gasteiger partial charge >= 0.3 is 0 Å². The average molecular weight is 510 g/mol. The van der Waals surface area contributed by atoms with Crippen LogP contribution < -0.4 is 5.32 Å². The smallest absolute Gasteiger partial charge is 0.140 e. The van der Waals surface area contributed by atoms with Gasteiger partial charge in [0.1, 0.15) is 34.5 Å². The van der Waals surface area contributed by atoms with Gasteiger partial charge in [-0.05, 0) is 57.9 Å². The number of halogens is 4. The molecule has 1 atom stereocenters. The maximum Gasteiger partial charge on any atom is 0.140 e. The number of aromatic nitrogens is 2. The van der Waals surface area contributed by atoms with Gasteiger partial charge in [0.15, 0.2) is 0 Å². The molecule has 3 aromatic rings. The Morgan fingerprint density at radius 2 is 1.84 bits per heavy atom. The van der Waals surface area contributed by atoms with E-state index in [2.05, 4.69) is 46.0 Å². The van der Waals surface area contributed by atoms with Gasteiger partial charge in [-0.1, -0.05) is 25.7 Å². The molecule has 31 heavy (non-hydrogen) atoms. The molecular weight excluding hydrogens is 487 g/mol. The first-order valence-electron chi connectivity index (χ1n) is 10.00. The first kappa shape index (κ1) is 22.1. The third-order valence-electron chi connectivity index (χ3n) is 5.26. The van der Waals surface area contributed by atoms with Gasteiger partial charge in [-0.15, -0.1) is 0 Å². The van der Waals surface area contributed by atoms with E-state index in [0.717, 1.165) is 6.04 Å². The van der Waals surface area contributed by atoms with Gasteiger partial charge in [-0.2, -0.15) is 5.10 Å². The average Bonchev–Trinajstić information content (AvgIpc) is 3.00. The number of rotatable bonds is 6. The zero-order valence-electron chi connectivity index (χ0n) is 17.5. The lowest BCUT2D eigenvalue weighted by Crippen LogP contribution is -2.22. The molecule has 1 unspecified atom stereocenters. The molecular formula is C22H23BrF3N3OSi. The molecule has 0 saturated carbocycles. The van der Waals surface area contributed by atoms with E-state index in [1.807, 2.05) is 0 Å². The minimum Gasteiger partial charge on any atom is -0.370 e. The van der Waals surface area contributed by atoms with Crippen LogP contribution in [0.2, 0.25) is 25.7 Å². The standard InChI is InChI=1S/C22H23BrF3N3OSi/c1-31(2,3)10-9-30-12-29-22(23)21-20(28-29)14-8-7-13(24)11-15(14)19(27-21)18-16(25)5-4-6-17(18)26/h4-8,11,19,27H,9-10,12H2,1-3H3. The SMILES string of the molecule is C[Si](C)(C)CCOCn1nc2c(c1Br)NC(c1c(F)cccc1F)c1cc(F)ccc1-2. The Morgan fingerprint density at radius 3 is 2.52 bits per heavy atom. The summed E-state index contributed by atoms with van der Waals surface area (Å²) in [7, 11) is -1.21. The van der Waals surface area contributed by atoms with Gasteiger partial charge in [0.05, 0.1) is 17.3 Å². The van der Waals surface area contributed by atoms with Crippen molar-refractivity contribution in [3.05, 3.63) is 69.6 Å². The molecule has 4 rings (SSSR count). The van der Waals surface area contributed by atoms with Crippen molar-refractivity contribution in [1.29, 1.82) is 0 Å². The highest BCUT2D eigenvalue weighted by Gasteiger charge is 2.33. The molecule has 2 heterocycles. The Hall–Kier alpha value is -2.10. The monoisotopic (exact) mass is 509 g/mol. The van der Waals surface area contributed by atoms with Crippen LogP contribution in [-0.4, -0.2) is 24.5 Å². The van der Waals surface area contributed by atoms with Crippen LogP contribution in [0.5, 0.6) is 0 Å². The van der Waals surface area contributed by atoms with E-state index in [0.29, 0.717) is 33.7 Å². The summed E-state index contributed by atoms with van der Waals surface area (Å²) >= 11 is 3.54. The molecule has 2 aromatic carbocycles. The van der Waals surface area contributed by atoms with E-state index < -0.39 is 31.6 Å². The molecule has 1 aliphatic heterocycles. The summed E-state index contributed by atoms with van der Waals surface area (Å²) in [6.07, 6.45) is 0. The van der Waals surface area contributed by atoms with Gasteiger partial charge < -0.3 is 10.1 Å². The van der Waals surface area contributed by atoms with Crippen molar-refractivity contribution in [2.75, 3.05) is 11.9 Å². The summed E-state index contributed by atoms with van der Waals surface area (Å²) in [6.45, 7) is 7.70. The number of benzene rings is 2. The Morgan fingerprint density at radius 1 is 1.13 bits per heavy atom. The number of ether oxygens (including phenoxy) is 1. The second-order valence-electron chi connectivity index (χ2n) is 8.81. The van der Waals surface area contributed by atoms with Crippen molar-refractivity contribution < 1.29 is 17.9 Å². The van der Waals surface area contributed by atoms with Gasteiger partial charge in [-0.25, -0.2) is 17.9 Å². The van der Waals surface area contributed by atoms with Crippen molar-refractivity contribution in [1.82, 2.24) is 9.78 Å². The summed E-state index contributed by atoms with van der Waals surface area (Å²) in [5, 5.41) is 7.77. The summed E-state index contributed by atoms with van der Waals surface area (Å²) in [5.41, 5.74) is 2.04. The van der Waals surface area contributed by atoms with Crippen LogP contribution in [0.1, 0.15) is 17.2 Å². The van der Waals surface area contributed by atoms with Gasteiger partial charge in [0.2, 0.25) is 0 Å². The topological polar surface area (TPSA) is 39.1 Å². The van der Waals surface area contributed by atoms with E-state index in [-0.39, 0.29) is 12.3 Å². The number of anilines is 1. The van der Waals surface area contributed by atoms with E-state index in [4.69, 9.17) is 4.74 Å². The first-order valence-corrected chi connectivity index (χ1v) is 14.5.